The molecular weight excluding hydrogens is 324 g/mol. The number of anilines is 1. The van der Waals surface area contributed by atoms with Crippen molar-refractivity contribution >= 4 is 22.4 Å². The van der Waals surface area contributed by atoms with Gasteiger partial charge in [0, 0.05) is 18.1 Å². The lowest BCUT2D eigenvalue weighted by molar-refractivity contribution is -0.115. The average molecular weight is 342 g/mol. The highest BCUT2D eigenvalue weighted by molar-refractivity contribution is 7.15. The van der Waals surface area contributed by atoms with E-state index in [-0.39, 0.29) is 12.3 Å². The standard InChI is InChI=1S/C17H18N4O2S/c1-11(2)8-16-19-20-17(24-16)18-15(22)10-13-9-14(21-23-13)12-6-4-3-5-7-12/h3-7,9,11H,8,10H2,1-2H3,(H,18,20,22). The number of nitrogens with one attached hydrogen (secondary N) is 1. The van der Waals surface area contributed by atoms with Crippen LogP contribution in [0.1, 0.15) is 24.6 Å². The third-order valence-electron chi connectivity index (χ3n) is 3.26. The van der Waals surface area contributed by atoms with E-state index in [0.29, 0.717) is 22.5 Å². The van der Waals surface area contributed by atoms with Gasteiger partial charge in [-0.3, -0.25) is 4.79 Å². The summed E-state index contributed by atoms with van der Waals surface area (Å²) in [5.41, 5.74) is 1.67. The van der Waals surface area contributed by atoms with Gasteiger partial charge in [-0.15, -0.1) is 10.2 Å². The Morgan fingerprint density at radius 1 is 1.25 bits per heavy atom. The summed E-state index contributed by atoms with van der Waals surface area (Å²) in [5, 5.41) is 16.3. The zero-order valence-corrected chi connectivity index (χ0v) is 14.3. The molecule has 7 heteroatoms. The summed E-state index contributed by atoms with van der Waals surface area (Å²) in [6.07, 6.45) is 0.967. The predicted molar refractivity (Wildman–Crippen MR) is 92.7 cm³/mol. The molecule has 0 radical (unpaired) electrons. The molecule has 3 aromatic rings. The molecule has 2 aromatic heterocycles. The molecule has 1 aromatic carbocycles. The van der Waals surface area contributed by atoms with Crippen molar-refractivity contribution in [3.05, 3.63) is 47.2 Å². The molecule has 0 atom stereocenters. The molecule has 3 rings (SSSR count). The van der Waals surface area contributed by atoms with E-state index in [9.17, 15) is 4.79 Å². The Balaban J connectivity index is 1.59. The number of carbonyl (C=O) groups is 1. The molecule has 1 amide bonds. The van der Waals surface area contributed by atoms with E-state index in [4.69, 9.17) is 4.52 Å². The summed E-state index contributed by atoms with van der Waals surface area (Å²) >= 11 is 1.40. The van der Waals surface area contributed by atoms with Crippen LogP contribution in [-0.4, -0.2) is 21.3 Å². The lowest BCUT2D eigenvalue weighted by Gasteiger charge is -1.98. The molecule has 0 saturated heterocycles. The van der Waals surface area contributed by atoms with E-state index in [1.165, 1.54) is 11.3 Å². The number of hydrogen-bond donors (Lipinski definition) is 1. The van der Waals surface area contributed by atoms with E-state index < -0.39 is 0 Å². The molecule has 6 nitrogen and oxygen atoms in total. The van der Waals surface area contributed by atoms with Crippen molar-refractivity contribution in [2.24, 2.45) is 5.92 Å². The lowest BCUT2D eigenvalue weighted by atomic mass is 10.1. The molecule has 0 saturated carbocycles. The van der Waals surface area contributed by atoms with Crippen molar-refractivity contribution in [1.82, 2.24) is 15.4 Å². The Hall–Kier alpha value is -2.54. The summed E-state index contributed by atoms with van der Waals surface area (Å²) in [5.74, 6) is 0.823. The van der Waals surface area contributed by atoms with Gasteiger partial charge in [-0.25, -0.2) is 0 Å². The Morgan fingerprint density at radius 3 is 2.79 bits per heavy atom. The van der Waals surface area contributed by atoms with Crippen molar-refractivity contribution in [3.63, 3.8) is 0 Å². The van der Waals surface area contributed by atoms with Gasteiger partial charge in [-0.1, -0.05) is 60.7 Å². The van der Waals surface area contributed by atoms with Gasteiger partial charge in [0.2, 0.25) is 11.0 Å². The zero-order valence-electron chi connectivity index (χ0n) is 13.5. The first kappa shape index (κ1) is 16.3. The zero-order chi connectivity index (χ0) is 16.9. The molecule has 24 heavy (non-hydrogen) atoms. The van der Waals surface area contributed by atoms with E-state index in [2.05, 4.69) is 34.5 Å². The number of rotatable bonds is 6. The Bertz CT molecular complexity index is 811. The van der Waals surface area contributed by atoms with Gasteiger partial charge in [-0.2, -0.15) is 0 Å². The van der Waals surface area contributed by atoms with Gasteiger partial charge < -0.3 is 9.84 Å². The molecule has 0 fully saturated rings. The van der Waals surface area contributed by atoms with Crippen molar-refractivity contribution in [3.8, 4) is 11.3 Å². The van der Waals surface area contributed by atoms with Crippen LogP contribution in [0.4, 0.5) is 5.13 Å². The minimum absolute atomic E-state index is 0.110. The van der Waals surface area contributed by atoms with Gasteiger partial charge in [0.05, 0.1) is 6.42 Å². The second kappa shape index (κ2) is 7.35. The molecule has 0 spiro atoms. The smallest absolute Gasteiger partial charge is 0.233 e. The lowest BCUT2D eigenvalue weighted by Crippen LogP contribution is -2.13. The fourth-order valence-electron chi connectivity index (χ4n) is 2.20. The Morgan fingerprint density at radius 2 is 2.04 bits per heavy atom. The van der Waals surface area contributed by atoms with E-state index in [0.717, 1.165) is 17.0 Å². The van der Waals surface area contributed by atoms with Crippen LogP contribution in [0, 0.1) is 5.92 Å². The van der Waals surface area contributed by atoms with Crippen LogP contribution in [0.2, 0.25) is 0 Å². The highest BCUT2D eigenvalue weighted by Crippen LogP contribution is 2.20. The van der Waals surface area contributed by atoms with Crippen LogP contribution in [0.5, 0.6) is 0 Å². The van der Waals surface area contributed by atoms with Gasteiger partial charge in [0.1, 0.15) is 16.5 Å². The highest BCUT2D eigenvalue weighted by atomic mass is 32.1. The maximum absolute atomic E-state index is 12.1. The molecule has 1 N–H and O–H groups in total. The summed E-state index contributed by atoms with van der Waals surface area (Å²) in [4.78, 5) is 12.1. The normalized spacial score (nSPS) is 11.0. The fourth-order valence-corrected chi connectivity index (χ4v) is 3.17. The molecule has 0 unspecified atom stereocenters. The van der Waals surface area contributed by atoms with Gasteiger partial charge in [-0.05, 0) is 5.92 Å². The largest absolute Gasteiger partial charge is 0.360 e. The number of carbonyl (C=O) groups excluding carboxylic acids is 1. The quantitative estimate of drug-likeness (QED) is 0.740. The van der Waals surface area contributed by atoms with Crippen molar-refractivity contribution < 1.29 is 9.32 Å². The average Bonchev–Trinajstić information content (AvgIpc) is 3.17. The van der Waals surface area contributed by atoms with Crippen LogP contribution < -0.4 is 5.32 Å². The van der Waals surface area contributed by atoms with Crippen molar-refractivity contribution in [2.45, 2.75) is 26.7 Å². The second-order valence-electron chi connectivity index (χ2n) is 5.87. The van der Waals surface area contributed by atoms with Gasteiger partial charge in [0.15, 0.2) is 0 Å². The maximum atomic E-state index is 12.1. The molecule has 0 aliphatic rings. The van der Waals surface area contributed by atoms with Crippen LogP contribution in [0.25, 0.3) is 11.3 Å². The summed E-state index contributed by atoms with van der Waals surface area (Å²) in [6, 6.07) is 11.5. The minimum Gasteiger partial charge on any atom is -0.360 e. The van der Waals surface area contributed by atoms with Gasteiger partial charge in [0.25, 0.3) is 0 Å². The topological polar surface area (TPSA) is 80.9 Å². The van der Waals surface area contributed by atoms with E-state index in [1.54, 1.807) is 6.07 Å². The fraction of sp³-hybridized carbons (Fsp3) is 0.294. The maximum Gasteiger partial charge on any atom is 0.233 e. The molecular formula is C17H18N4O2S. The molecule has 2 heterocycles. The summed E-state index contributed by atoms with van der Waals surface area (Å²) in [6.45, 7) is 4.24. The first-order valence-corrected chi connectivity index (χ1v) is 8.55. The number of hydrogen-bond acceptors (Lipinski definition) is 6. The van der Waals surface area contributed by atoms with Crippen LogP contribution in [0.15, 0.2) is 40.9 Å². The van der Waals surface area contributed by atoms with Crippen LogP contribution >= 0.6 is 11.3 Å². The SMILES string of the molecule is CC(C)Cc1nnc(NC(=O)Cc2cc(-c3ccccc3)no2)s1. The van der Waals surface area contributed by atoms with Crippen molar-refractivity contribution in [2.75, 3.05) is 5.32 Å². The summed E-state index contributed by atoms with van der Waals surface area (Å²) < 4.78 is 5.24. The predicted octanol–water partition coefficient (Wildman–Crippen LogP) is 3.57. The van der Waals surface area contributed by atoms with Gasteiger partial charge >= 0.3 is 0 Å². The molecule has 124 valence electrons. The monoisotopic (exact) mass is 342 g/mol. The molecule has 0 bridgehead atoms. The Kier molecular flexibility index (Phi) is 5.00. The number of benzene rings is 1. The Labute approximate surface area is 143 Å². The third-order valence-corrected chi connectivity index (χ3v) is 4.12. The first-order chi connectivity index (χ1) is 11.6. The van der Waals surface area contributed by atoms with Crippen LogP contribution in [0.3, 0.4) is 0 Å². The number of amides is 1. The van der Waals surface area contributed by atoms with E-state index >= 15 is 0 Å². The highest BCUT2D eigenvalue weighted by Gasteiger charge is 2.13. The third kappa shape index (κ3) is 4.26. The first-order valence-electron chi connectivity index (χ1n) is 7.73. The number of nitrogens with zero attached hydrogens (tertiary/aromatic N) is 3. The summed E-state index contributed by atoms with van der Waals surface area (Å²) in [7, 11) is 0. The minimum atomic E-state index is -0.196. The molecule has 0 aliphatic carbocycles. The van der Waals surface area contributed by atoms with Crippen LogP contribution in [-0.2, 0) is 17.6 Å². The number of aromatic nitrogens is 3. The van der Waals surface area contributed by atoms with Crippen molar-refractivity contribution in [1.29, 1.82) is 0 Å². The molecule has 0 aliphatic heterocycles. The second-order valence-corrected chi connectivity index (χ2v) is 6.93. The van der Waals surface area contributed by atoms with E-state index in [1.807, 2.05) is 30.3 Å².